The van der Waals surface area contributed by atoms with E-state index in [2.05, 4.69) is 17.2 Å². The van der Waals surface area contributed by atoms with E-state index in [-0.39, 0.29) is 59.5 Å². The van der Waals surface area contributed by atoms with Crippen LogP contribution in [0, 0.1) is 0 Å². The molecule has 0 spiro atoms. The van der Waals surface area contributed by atoms with Gasteiger partial charge in [0.2, 0.25) is 0 Å². The number of carboxylic acids is 3. The van der Waals surface area contributed by atoms with Crippen LogP contribution in [0.3, 0.4) is 0 Å². The number of hydrogen-bond acceptors (Lipinski definition) is 16. The zero-order valence-electron chi connectivity index (χ0n) is 20.5. The molecule has 19 nitrogen and oxygen atoms in total. The molecule has 0 rings (SSSR count). The number of aliphatic hydroxyl groups is 9. The molecule has 0 aliphatic carbocycles. The van der Waals surface area contributed by atoms with Gasteiger partial charge in [0.1, 0.15) is 59.5 Å². The molecule has 18 N–H and O–H groups in total. The van der Waals surface area contributed by atoms with Gasteiger partial charge in [-0.05, 0) is 0 Å². The standard InChI is InChI=1S/C6H9NO6.3C4H11NO3/c8-4(9)1-7(2-5(10)11)3-6(12)13;3*5-4(1-6,2-7)3-8/h1-3H2,(H,8,9)(H,10,11)(H,12,13);3*6-8H,1-3,5H2. The van der Waals surface area contributed by atoms with Gasteiger partial charge in [0.05, 0.1) is 17.9 Å². The normalized spacial score (nSPS) is 11.3. The van der Waals surface area contributed by atoms with Crippen molar-refractivity contribution in [2.24, 2.45) is 0 Å². The van der Waals surface area contributed by atoms with Crippen LogP contribution in [0.2, 0.25) is 0 Å². The van der Waals surface area contributed by atoms with Crippen molar-refractivity contribution in [3.05, 3.63) is 0 Å². The van der Waals surface area contributed by atoms with Gasteiger partial charge in [-0.3, -0.25) is 4.90 Å². The zero-order valence-corrected chi connectivity index (χ0v) is 20.5. The summed E-state index contributed by atoms with van der Waals surface area (Å²) in [4.78, 5) is 30.6. The van der Waals surface area contributed by atoms with Crippen molar-refractivity contribution in [1.29, 1.82) is 0 Å². The minimum Gasteiger partial charge on any atom is -0.549 e. The molecule has 0 radical (unpaired) electrons. The fraction of sp³-hybridized carbons (Fsp3) is 0.833. The lowest BCUT2D eigenvalue weighted by Crippen LogP contribution is -2.78. The predicted molar refractivity (Wildman–Crippen MR) is 112 cm³/mol. The number of carbonyl (C=O) groups excluding carboxylic acids is 3. The van der Waals surface area contributed by atoms with Crippen LogP contribution in [0.15, 0.2) is 0 Å². The third kappa shape index (κ3) is 25.3. The van der Waals surface area contributed by atoms with Crippen LogP contribution in [0.5, 0.6) is 0 Å². The molecule has 224 valence electrons. The summed E-state index contributed by atoms with van der Waals surface area (Å²) in [5, 5.41) is 106. The third-order valence-electron chi connectivity index (χ3n) is 4.08. The minimum atomic E-state index is -1.57. The van der Waals surface area contributed by atoms with E-state index in [9.17, 15) is 29.7 Å². The molecule has 0 atom stereocenters. The molecule has 0 aromatic carbocycles. The van der Waals surface area contributed by atoms with Crippen LogP contribution >= 0.6 is 0 Å². The van der Waals surface area contributed by atoms with Crippen molar-refractivity contribution in [3.8, 4) is 0 Å². The van der Waals surface area contributed by atoms with Gasteiger partial charge in [-0.2, -0.15) is 0 Å². The smallest absolute Gasteiger partial charge is 0.164 e. The number of carbonyl (C=O) groups is 3. The van der Waals surface area contributed by atoms with E-state index in [0.29, 0.717) is 4.90 Å². The number of carboxylic acid groups (broad SMARTS) is 3. The molecular formula is C18H42N4O15. The van der Waals surface area contributed by atoms with Crippen molar-refractivity contribution in [3.63, 3.8) is 0 Å². The Morgan fingerprint density at radius 3 is 0.649 bits per heavy atom. The molecule has 0 amide bonds. The zero-order chi connectivity index (χ0) is 30.3. The van der Waals surface area contributed by atoms with Gasteiger partial charge in [0.25, 0.3) is 0 Å². The van der Waals surface area contributed by atoms with E-state index in [0.717, 1.165) is 0 Å². The molecule has 37 heavy (non-hydrogen) atoms. The second-order valence-corrected chi connectivity index (χ2v) is 8.18. The second-order valence-electron chi connectivity index (χ2n) is 8.18. The number of quaternary nitrogens is 3. The maximum absolute atomic E-state index is 9.99. The van der Waals surface area contributed by atoms with Crippen LogP contribution in [0.25, 0.3) is 0 Å². The fourth-order valence-electron chi connectivity index (χ4n) is 1.17. The molecule has 0 bridgehead atoms. The highest BCUT2D eigenvalue weighted by atomic mass is 16.4. The molecular weight excluding hydrogens is 512 g/mol. The lowest BCUT2D eigenvalue weighted by Gasteiger charge is -2.23. The number of rotatable bonds is 15. The Morgan fingerprint density at radius 2 is 0.595 bits per heavy atom. The number of hydrogen-bond donors (Lipinski definition) is 12. The minimum absolute atomic E-state index is 0.292. The van der Waals surface area contributed by atoms with Crippen molar-refractivity contribution in [2.45, 2.75) is 16.6 Å². The summed E-state index contributed by atoms with van der Waals surface area (Å²) in [6.07, 6.45) is 0. The van der Waals surface area contributed by atoms with Crippen molar-refractivity contribution in [1.82, 2.24) is 4.90 Å². The van der Waals surface area contributed by atoms with Crippen LogP contribution in [0.4, 0.5) is 0 Å². The highest BCUT2D eigenvalue weighted by molar-refractivity contribution is 5.73. The first kappa shape index (κ1) is 42.0. The summed E-state index contributed by atoms with van der Waals surface area (Å²) in [6.45, 7) is -4.99. The van der Waals surface area contributed by atoms with E-state index < -0.39 is 54.2 Å². The largest absolute Gasteiger partial charge is 0.549 e. The van der Waals surface area contributed by atoms with Gasteiger partial charge < -0.3 is 92.9 Å². The first-order valence-electron chi connectivity index (χ1n) is 10.3. The Kier molecular flexibility index (Phi) is 26.2. The van der Waals surface area contributed by atoms with Crippen LogP contribution in [-0.2, 0) is 14.4 Å². The first-order valence-corrected chi connectivity index (χ1v) is 10.3. The molecule has 19 heteroatoms. The molecule has 0 unspecified atom stereocenters. The summed E-state index contributed by atoms with van der Waals surface area (Å²) >= 11 is 0. The van der Waals surface area contributed by atoms with Crippen LogP contribution < -0.4 is 32.5 Å². The molecule has 0 saturated heterocycles. The lowest BCUT2D eigenvalue weighted by atomic mass is 10.1. The summed E-state index contributed by atoms with van der Waals surface area (Å²) < 4.78 is 0. The summed E-state index contributed by atoms with van der Waals surface area (Å²) in [5.41, 5.74) is 7.25. The Morgan fingerprint density at radius 1 is 0.459 bits per heavy atom. The van der Waals surface area contributed by atoms with Crippen molar-refractivity contribution >= 4 is 17.9 Å². The van der Waals surface area contributed by atoms with Gasteiger partial charge in [-0.1, -0.05) is 0 Å². The SMILES string of the molecule is O=C([O-])CN(CC(=O)[O-])CC(=O)[O-].[NH3+]C(CO)(CO)CO.[NH3+]C(CO)(CO)CO.[NH3+]C(CO)(CO)CO. The van der Waals surface area contributed by atoms with E-state index in [4.69, 9.17) is 46.0 Å². The number of aliphatic carboxylic acids is 3. The van der Waals surface area contributed by atoms with E-state index >= 15 is 0 Å². The first-order chi connectivity index (χ1) is 17.0. The average molecular weight is 555 g/mol. The van der Waals surface area contributed by atoms with Gasteiger partial charge in [-0.25, -0.2) is 0 Å². The quantitative estimate of drug-likeness (QED) is 0.0893. The Labute approximate surface area is 212 Å². The summed E-state index contributed by atoms with van der Waals surface area (Å²) in [6, 6.07) is 0. The lowest BCUT2D eigenvalue weighted by molar-refractivity contribution is -0.495. The topological polar surface area (TPSA) is 389 Å². The van der Waals surface area contributed by atoms with E-state index in [1.807, 2.05) is 0 Å². The van der Waals surface area contributed by atoms with Crippen LogP contribution in [0.1, 0.15) is 0 Å². The molecule has 0 aliphatic heterocycles. The van der Waals surface area contributed by atoms with Crippen molar-refractivity contribution in [2.75, 3.05) is 79.1 Å². The maximum Gasteiger partial charge on any atom is 0.164 e. The van der Waals surface area contributed by atoms with Gasteiger partial charge in [0.15, 0.2) is 16.6 Å². The van der Waals surface area contributed by atoms with Gasteiger partial charge in [-0.15, -0.1) is 0 Å². The highest BCUT2D eigenvalue weighted by Gasteiger charge is 2.26. The second kappa shape index (κ2) is 23.0. The average Bonchev–Trinajstić information content (AvgIpc) is 2.87. The highest BCUT2D eigenvalue weighted by Crippen LogP contribution is 1.91. The molecule has 0 fully saturated rings. The fourth-order valence-corrected chi connectivity index (χ4v) is 1.17. The van der Waals surface area contributed by atoms with Crippen LogP contribution in [-0.4, -0.2) is 164 Å². The number of nitrogens with zero attached hydrogens (tertiary/aromatic N) is 1. The monoisotopic (exact) mass is 554 g/mol. The summed E-state index contributed by atoms with van der Waals surface area (Å²) in [5.74, 6) is -4.70. The maximum atomic E-state index is 9.99. The van der Waals surface area contributed by atoms with E-state index in [1.165, 1.54) is 0 Å². The molecule has 0 saturated carbocycles. The predicted octanol–water partition coefficient (Wildman–Crippen LogP) is -14.6. The summed E-state index contributed by atoms with van der Waals surface area (Å²) in [7, 11) is 0. The van der Waals surface area contributed by atoms with E-state index in [1.54, 1.807) is 0 Å². The molecule has 0 heterocycles. The molecule has 0 aliphatic rings. The Balaban J connectivity index is -0.000000202. The third-order valence-corrected chi connectivity index (χ3v) is 4.08. The van der Waals surface area contributed by atoms with Gasteiger partial charge in [0, 0.05) is 19.6 Å². The Hall–Kier alpha value is -2.11. The van der Waals surface area contributed by atoms with Crippen molar-refractivity contribution < 1.29 is 92.9 Å². The molecule has 0 aromatic heterocycles. The number of aliphatic hydroxyl groups excluding tert-OH is 9. The Bertz CT molecular complexity index is 494. The van der Waals surface area contributed by atoms with Gasteiger partial charge >= 0.3 is 0 Å². The molecule has 0 aromatic rings.